The average Bonchev–Trinajstić information content (AvgIpc) is 2.73. The number of benzene rings is 3. The van der Waals surface area contributed by atoms with Gasteiger partial charge in [0.1, 0.15) is 5.75 Å². The van der Waals surface area contributed by atoms with Crippen LogP contribution >= 0.6 is 11.6 Å². The number of nitrogens with one attached hydrogen (secondary N) is 1. The molecule has 28 heavy (non-hydrogen) atoms. The van der Waals surface area contributed by atoms with E-state index in [1.165, 1.54) is 11.1 Å². The minimum Gasteiger partial charge on any atom is -0.484 e. The minimum absolute atomic E-state index is 0.0289. The summed E-state index contributed by atoms with van der Waals surface area (Å²) in [6, 6.07) is 27.6. The van der Waals surface area contributed by atoms with Crippen molar-refractivity contribution in [3.63, 3.8) is 0 Å². The van der Waals surface area contributed by atoms with Gasteiger partial charge in [-0.25, -0.2) is 0 Å². The van der Waals surface area contributed by atoms with Gasteiger partial charge in [0.05, 0.1) is 0 Å². The van der Waals surface area contributed by atoms with Crippen LogP contribution in [0.5, 0.6) is 5.75 Å². The highest BCUT2D eigenvalue weighted by molar-refractivity contribution is 6.30. The average molecular weight is 394 g/mol. The van der Waals surface area contributed by atoms with Gasteiger partial charge >= 0.3 is 0 Å². The first kappa shape index (κ1) is 20.0. The Kier molecular flexibility index (Phi) is 7.10. The third-order valence-electron chi connectivity index (χ3n) is 4.70. The third-order valence-corrected chi connectivity index (χ3v) is 4.95. The van der Waals surface area contributed by atoms with Crippen LogP contribution in [0.3, 0.4) is 0 Å². The summed E-state index contributed by atoms with van der Waals surface area (Å²) in [5.74, 6) is 0.649. The lowest BCUT2D eigenvalue weighted by Crippen LogP contribution is -2.40. The number of halogens is 1. The monoisotopic (exact) mass is 393 g/mol. The van der Waals surface area contributed by atoms with Crippen LogP contribution < -0.4 is 10.1 Å². The van der Waals surface area contributed by atoms with E-state index in [2.05, 4.69) is 29.6 Å². The number of rotatable bonds is 8. The van der Waals surface area contributed by atoms with Gasteiger partial charge in [0, 0.05) is 17.0 Å². The van der Waals surface area contributed by atoms with E-state index < -0.39 is 0 Å². The highest BCUT2D eigenvalue weighted by atomic mass is 35.5. The molecule has 0 aliphatic heterocycles. The van der Waals surface area contributed by atoms with E-state index in [9.17, 15) is 4.79 Å². The lowest BCUT2D eigenvalue weighted by atomic mass is 9.86. The Balaban J connectivity index is 1.64. The molecule has 3 nitrogen and oxygen atoms in total. The van der Waals surface area contributed by atoms with Crippen LogP contribution in [0.4, 0.5) is 0 Å². The molecule has 144 valence electrons. The fourth-order valence-corrected chi connectivity index (χ4v) is 3.35. The van der Waals surface area contributed by atoms with Crippen molar-refractivity contribution in [2.24, 2.45) is 0 Å². The van der Waals surface area contributed by atoms with Crippen molar-refractivity contribution >= 4 is 17.5 Å². The number of hydrogen-bond donors (Lipinski definition) is 1. The molecule has 2 unspecified atom stereocenters. The van der Waals surface area contributed by atoms with Crippen LogP contribution in [0.1, 0.15) is 24.0 Å². The SMILES string of the molecule is CC(NC(=O)COc1ccc(Cl)cc1)C(Cc1ccccc1)c1ccccc1. The Morgan fingerprint density at radius 3 is 2.18 bits per heavy atom. The topological polar surface area (TPSA) is 38.3 Å². The molecule has 0 aliphatic carbocycles. The summed E-state index contributed by atoms with van der Waals surface area (Å²) >= 11 is 5.87. The molecular formula is C24H24ClNO2. The van der Waals surface area contributed by atoms with E-state index in [4.69, 9.17) is 16.3 Å². The molecule has 0 fully saturated rings. The molecule has 0 spiro atoms. The molecular weight excluding hydrogens is 370 g/mol. The zero-order valence-electron chi connectivity index (χ0n) is 15.8. The molecule has 1 N–H and O–H groups in total. The molecule has 3 aromatic rings. The Labute approximate surface area is 171 Å². The Morgan fingerprint density at radius 1 is 0.929 bits per heavy atom. The molecule has 3 rings (SSSR count). The van der Waals surface area contributed by atoms with Gasteiger partial charge in [0.15, 0.2) is 6.61 Å². The molecule has 3 aromatic carbocycles. The van der Waals surface area contributed by atoms with Gasteiger partial charge in [-0.2, -0.15) is 0 Å². The molecule has 0 bridgehead atoms. The second kappa shape index (κ2) is 9.95. The van der Waals surface area contributed by atoms with Crippen molar-refractivity contribution in [2.45, 2.75) is 25.3 Å². The summed E-state index contributed by atoms with van der Waals surface area (Å²) in [5, 5.41) is 3.73. The number of ether oxygens (including phenoxy) is 1. The number of amides is 1. The van der Waals surface area contributed by atoms with Gasteiger partial charge in [-0.1, -0.05) is 72.3 Å². The van der Waals surface area contributed by atoms with Crippen molar-refractivity contribution in [1.29, 1.82) is 0 Å². The maximum absolute atomic E-state index is 12.4. The van der Waals surface area contributed by atoms with Crippen LogP contribution in [-0.4, -0.2) is 18.6 Å². The van der Waals surface area contributed by atoms with E-state index in [-0.39, 0.29) is 24.5 Å². The van der Waals surface area contributed by atoms with E-state index >= 15 is 0 Å². The first-order valence-corrected chi connectivity index (χ1v) is 9.76. The fourth-order valence-electron chi connectivity index (χ4n) is 3.23. The molecule has 4 heteroatoms. The first-order chi connectivity index (χ1) is 13.6. The molecule has 0 saturated heterocycles. The van der Waals surface area contributed by atoms with E-state index in [1.54, 1.807) is 24.3 Å². The van der Waals surface area contributed by atoms with Crippen LogP contribution in [0, 0.1) is 0 Å². The summed E-state index contributed by atoms with van der Waals surface area (Å²) < 4.78 is 5.56. The minimum atomic E-state index is -0.142. The molecule has 0 saturated carbocycles. The lowest BCUT2D eigenvalue weighted by Gasteiger charge is -2.26. The molecule has 1 amide bonds. The normalized spacial score (nSPS) is 12.8. The van der Waals surface area contributed by atoms with Crippen LogP contribution in [0.15, 0.2) is 84.9 Å². The first-order valence-electron chi connectivity index (χ1n) is 9.38. The highest BCUT2D eigenvalue weighted by Crippen LogP contribution is 2.24. The second-order valence-corrected chi connectivity index (χ2v) is 7.24. The smallest absolute Gasteiger partial charge is 0.258 e. The largest absolute Gasteiger partial charge is 0.484 e. The molecule has 0 aliphatic rings. The van der Waals surface area contributed by atoms with Crippen molar-refractivity contribution in [2.75, 3.05) is 6.61 Å². The Morgan fingerprint density at radius 2 is 1.54 bits per heavy atom. The standard InChI is InChI=1S/C24H24ClNO2/c1-18(26-24(27)17-28-22-14-12-21(25)13-15-22)23(20-10-6-3-7-11-20)16-19-8-4-2-5-9-19/h2-15,18,23H,16-17H2,1H3,(H,26,27). The van der Waals surface area contributed by atoms with Gasteiger partial charge in [0.2, 0.25) is 0 Å². The predicted octanol–water partition coefficient (Wildman–Crippen LogP) is 5.25. The van der Waals surface area contributed by atoms with Crippen molar-refractivity contribution in [3.8, 4) is 5.75 Å². The van der Waals surface area contributed by atoms with Crippen LogP contribution in [0.25, 0.3) is 0 Å². The predicted molar refractivity (Wildman–Crippen MR) is 114 cm³/mol. The summed E-state index contributed by atoms with van der Waals surface area (Å²) in [7, 11) is 0. The van der Waals surface area contributed by atoms with Crippen LogP contribution in [-0.2, 0) is 11.2 Å². The Hall–Kier alpha value is -2.78. The second-order valence-electron chi connectivity index (χ2n) is 6.81. The molecule has 0 aromatic heterocycles. The maximum atomic E-state index is 12.4. The van der Waals surface area contributed by atoms with Crippen molar-refractivity contribution in [3.05, 3.63) is 101 Å². The zero-order valence-corrected chi connectivity index (χ0v) is 16.6. The maximum Gasteiger partial charge on any atom is 0.258 e. The van der Waals surface area contributed by atoms with Gasteiger partial charge < -0.3 is 10.1 Å². The van der Waals surface area contributed by atoms with E-state index in [0.29, 0.717) is 10.8 Å². The number of carbonyl (C=O) groups is 1. The zero-order chi connectivity index (χ0) is 19.8. The van der Waals surface area contributed by atoms with Gasteiger partial charge in [0.25, 0.3) is 5.91 Å². The summed E-state index contributed by atoms with van der Waals surface area (Å²) in [4.78, 5) is 12.4. The fraction of sp³-hybridized carbons (Fsp3) is 0.208. The van der Waals surface area contributed by atoms with Crippen molar-refractivity contribution in [1.82, 2.24) is 5.32 Å². The highest BCUT2D eigenvalue weighted by Gasteiger charge is 2.21. The molecule has 0 heterocycles. The summed E-state index contributed by atoms with van der Waals surface area (Å²) in [6.07, 6.45) is 0.852. The quantitative estimate of drug-likeness (QED) is 0.567. The van der Waals surface area contributed by atoms with Crippen LogP contribution in [0.2, 0.25) is 5.02 Å². The number of carbonyl (C=O) groups excluding carboxylic acids is 1. The molecule has 0 radical (unpaired) electrons. The van der Waals surface area contributed by atoms with E-state index in [1.807, 2.05) is 43.3 Å². The lowest BCUT2D eigenvalue weighted by molar-refractivity contribution is -0.123. The van der Waals surface area contributed by atoms with Gasteiger partial charge in [-0.05, 0) is 48.7 Å². The van der Waals surface area contributed by atoms with Gasteiger partial charge in [-0.3, -0.25) is 4.79 Å². The van der Waals surface area contributed by atoms with E-state index in [0.717, 1.165) is 6.42 Å². The number of hydrogen-bond acceptors (Lipinski definition) is 2. The Bertz CT molecular complexity index is 866. The van der Waals surface area contributed by atoms with Gasteiger partial charge in [-0.15, -0.1) is 0 Å². The molecule has 2 atom stereocenters. The summed E-state index contributed by atoms with van der Waals surface area (Å²) in [5.41, 5.74) is 2.45. The summed E-state index contributed by atoms with van der Waals surface area (Å²) in [6.45, 7) is 2.01. The van der Waals surface area contributed by atoms with Crippen molar-refractivity contribution < 1.29 is 9.53 Å². The third kappa shape index (κ3) is 5.86.